The van der Waals surface area contributed by atoms with Crippen LogP contribution >= 0.6 is 11.6 Å². The van der Waals surface area contributed by atoms with Crippen molar-refractivity contribution >= 4 is 56.6 Å². The fourth-order valence-corrected chi connectivity index (χ4v) is 5.12. The Balaban J connectivity index is 1.28. The number of hydrogen-bond acceptors (Lipinski definition) is 8. The number of rotatable bonds is 7. The second-order valence-electron chi connectivity index (χ2n) is 9.56. The van der Waals surface area contributed by atoms with Crippen molar-refractivity contribution in [3.63, 3.8) is 0 Å². The fourth-order valence-electron chi connectivity index (χ4n) is 4.92. The first kappa shape index (κ1) is 25.9. The number of amides is 1. The monoisotopic (exact) mass is 556 g/mol. The van der Waals surface area contributed by atoms with Gasteiger partial charge in [0.1, 0.15) is 23.5 Å². The lowest BCUT2D eigenvalue weighted by atomic mass is 10.0. The number of aromatic amines is 1. The Morgan fingerprint density at radius 3 is 2.77 bits per heavy atom. The number of halogens is 1. The number of aromatic nitrogens is 4. The van der Waals surface area contributed by atoms with Gasteiger partial charge in [0.25, 0.3) is 5.91 Å². The van der Waals surface area contributed by atoms with Gasteiger partial charge in [-0.25, -0.2) is 9.97 Å². The number of pyridine rings is 1. The van der Waals surface area contributed by atoms with Crippen LogP contribution in [0, 0.1) is 0 Å². The van der Waals surface area contributed by atoms with E-state index in [4.69, 9.17) is 16.3 Å². The van der Waals surface area contributed by atoms with Gasteiger partial charge in [-0.2, -0.15) is 0 Å². The number of ether oxygens (including phenoxy) is 1. The maximum atomic E-state index is 13.8. The molecule has 6 rings (SSSR count). The number of nitrogens with one attached hydrogen (secondary N) is 3. The number of H-pyrrole nitrogens is 1. The summed E-state index contributed by atoms with van der Waals surface area (Å²) in [7, 11) is 0. The number of fused-ring (bicyclic) bond motifs is 2. The standard InChI is InChI=1S/C29H25ClN6O4/c30-23-8-6-17(36-29(39)25-20-4-2-1-3-16(20)9-10-31-25)11-21(23)26(38)22-12-32-27-24(22)28(34-15-33-27)35-18-5-7-19(13-37)40-14-18/h1-4,6,8-12,15,18-19,37H,5,7,13-14H2,(H,36,39)(H2,32,33,34,35)/t18-,19+/m1/s1. The number of anilines is 2. The van der Waals surface area contributed by atoms with E-state index in [-0.39, 0.29) is 40.8 Å². The topological polar surface area (TPSA) is 142 Å². The van der Waals surface area contributed by atoms with E-state index in [0.29, 0.717) is 41.1 Å². The molecule has 1 fully saturated rings. The normalized spacial score (nSPS) is 17.1. The van der Waals surface area contributed by atoms with Crippen LogP contribution in [0.25, 0.3) is 21.8 Å². The molecule has 1 aliphatic heterocycles. The minimum Gasteiger partial charge on any atom is -0.394 e. The predicted octanol–water partition coefficient (Wildman–Crippen LogP) is 4.59. The summed E-state index contributed by atoms with van der Waals surface area (Å²) in [5.41, 5.74) is 1.73. The molecule has 0 spiro atoms. The Kier molecular flexibility index (Phi) is 7.12. The van der Waals surface area contributed by atoms with Gasteiger partial charge in [0, 0.05) is 29.0 Å². The number of hydrogen-bond donors (Lipinski definition) is 4. The summed E-state index contributed by atoms with van der Waals surface area (Å²) >= 11 is 6.47. The number of nitrogens with zero attached hydrogens (tertiary/aromatic N) is 3. The van der Waals surface area contributed by atoms with Gasteiger partial charge in [0.15, 0.2) is 5.78 Å². The number of aliphatic hydroxyl groups is 1. The number of carbonyl (C=O) groups excluding carboxylic acids is 2. The SMILES string of the molecule is O=C(Nc1ccc(Cl)c(C(=O)c2c[nH]c3ncnc(N[C@@H]4CC[C@@H](CO)OC4)c23)c1)c1nccc2ccccc12. The highest BCUT2D eigenvalue weighted by Crippen LogP contribution is 2.30. The smallest absolute Gasteiger partial charge is 0.274 e. The summed E-state index contributed by atoms with van der Waals surface area (Å²) in [6.07, 6.45) is 5.91. The van der Waals surface area contributed by atoms with Crippen molar-refractivity contribution in [1.82, 2.24) is 19.9 Å². The van der Waals surface area contributed by atoms with Crippen molar-refractivity contribution in [3.8, 4) is 0 Å². The maximum Gasteiger partial charge on any atom is 0.274 e. The van der Waals surface area contributed by atoms with Crippen LogP contribution in [-0.2, 0) is 4.74 Å². The van der Waals surface area contributed by atoms with Crippen LogP contribution < -0.4 is 10.6 Å². The first-order valence-corrected chi connectivity index (χ1v) is 13.2. The Labute approximate surface area is 233 Å². The number of carbonyl (C=O) groups is 2. The van der Waals surface area contributed by atoms with Crippen LogP contribution in [0.5, 0.6) is 0 Å². The molecule has 1 saturated heterocycles. The Hall–Kier alpha value is -4.38. The molecule has 4 N–H and O–H groups in total. The lowest BCUT2D eigenvalue weighted by Crippen LogP contribution is -2.36. The average molecular weight is 557 g/mol. The molecule has 4 heterocycles. The molecule has 0 aliphatic carbocycles. The molecule has 1 aliphatic rings. The molecular formula is C29H25ClN6O4. The molecule has 3 aromatic heterocycles. The molecule has 11 heteroatoms. The largest absolute Gasteiger partial charge is 0.394 e. The Bertz CT molecular complexity index is 1730. The van der Waals surface area contributed by atoms with E-state index in [1.165, 1.54) is 6.33 Å². The van der Waals surface area contributed by atoms with E-state index in [0.717, 1.165) is 17.2 Å². The Morgan fingerprint density at radius 1 is 1.07 bits per heavy atom. The van der Waals surface area contributed by atoms with Crippen LogP contribution in [-0.4, -0.2) is 62.1 Å². The van der Waals surface area contributed by atoms with Crippen molar-refractivity contribution in [2.45, 2.75) is 25.0 Å². The quantitative estimate of drug-likeness (QED) is 0.213. The van der Waals surface area contributed by atoms with Crippen LogP contribution in [0.15, 0.2) is 67.3 Å². The summed E-state index contributed by atoms with van der Waals surface area (Å²) in [5, 5.41) is 17.9. The minimum absolute atomic E-state index is 0.0142. The minimum atomic E-state index is -0.400. The lowest BCUT2D eigenvalue weighted by Gasteiger charge is -2.29. The van der Waals surface area contributed by atoms with Gasteiger partial charge in [0.05, 0.1) is 41.3 Å². The Morgan fingerprint density at radius 2 is 1.95 bits per heavy atom. The van der Waals surface area contributed by atoms with Crippen LogP contribution in [0.3, 0.4) is 0 Å². The third kappa shape index (κ3) is 5.00. The van der Waals surface area contributed by atoms with Crippen LogP contribution in [0.1, 0.15) is 39.3 Å². The first-order chi connectivity index (χ1) is 19.5. The highest BCUT2D eigenvalue weighted by Gasteiger charge is 2.25. The molecule has 2 aromatic carbocycles. The van der Waals surface area contributed by atoms with Gasteiger partial charge in [-0.05, 0) is 42.5 Å². The molecule has 0 radical (unpaired) electrons. The van der Waals surface area contributed by atoms with Gasteiger partial charge in [-0.15, -0.1) is 0 Å². The lowest BCUT2D eigenvalue weighted by molar-refractivity contribution is -0.0224. The molecule has 5 aromatic rings. The average Bonchev–Trinajstić information content (AvgIpc) is 3.43. The first-order valence-electron chi connectivity index (χ1n) is 12.8. The number of aliphatic hydroxyl groups excluding tert-OH is 1. The van der Waals surface area contributed by atoms with Gasteiger partial charge >= 0.3 is 0 Å². The molecule has 10 nitrogen and oxygen atoms in total. The van der Waals surface area contributed by atoms with Crippen molar-refractivity contribution < 1.29 is 19.4 Å². The molecule has 2 atom stereocenters. The summed E-state index contributed by atoms with van der Waals surface area (Å²) in [6.45, 7) is 0.392. The highest BCUT2D eigenvalue weighted by atomic mass is 35.5. The van der Waals surface area contributed by atoms with Crippen molar-refractivity contribution in [1.29, 1.82) is 0 Å². The molecular weight excluding hydrogens is 532 g/mol. The van der Waals surface area contributed by atoms with E-state index in [1.807, 2.05) is 30.3 Å². The fraction of sp³-hybridized carbons (Fsp3) is 0.207. The van der Waals surface area contributed by atoms with Crippen LogP contribution in [0.2, 0.25) is 5.02 Å². The third-order valence-corrected chi connectivity index (χ3v) is 7.32. The number of benzene rings is 2. The van der Waals surface area contributed by atoms with Crippen molar-refractivity contribution in [2.24, 2.45) is 0 Å². The van der Waals surface area contributed by atoms with Crippen molar-refractivity contribution in [2.75, 3.05) is 23.8 Å². The zero-order valence-corrected chi connectivity index (χ0v) is 22.0. The molecule has 1 amide bonds. The van der Waals surface area contributed by atoms with Crippen molar-refractivity contribution in [3.05, 3.63) is 89.1 Å². The maximum absolute atomic E-state index is 13.8. The van der Waals surface area contributed by atoms with E-state index in [1.54, 1.807) is 30.6 Å². The van der Waals surface area contributed by atoms with Crippen LogP contribution in [0.4, 0.5) is 11.5 Å². The second kappa shape index (κ2) is 11.0. The zero-order chi connectivity index (χ0) is 27.6. The molecule has 0 saturated carbocycles. The summed E-state index contributed by atoms with van der Waals surface area (Å²) in [5.74, 6) is -0.260. The summed E-state index contributed by atoms with van der Waals surface area (Å²) in [4.78, 5) is 42.9. The van der Waals surface area contributed by atoms with E-state index in [9.17, 15) is 14.7 Å². The molecule has 0 bridgehead atoms. The summed E-state index contributed by atoms with van der Waals surface area (Å²) in [6, 6.07) is 14.0. The number of ketones is 1. The van der Waals surface area contributed by atoms with E-state index >= 15 is 0 Å². The van der Waals surface area contributed by atoms with Gasteiger partial charge in [-0.3, -0.25) is 14.6 Å². The predicted molar refractivity (Wildman–Crippen MR) is 152 cm³/mol. The van der Waals surface area contributed by atoms with Gasteiger partial charge in [-0.1, -0.05) is 35.9 Å². The van der Waals surface area contributed by atoms with Gasteiger partial charge < -0.3 is 25.5 Å². The third-order valence-electron chi connectivity index (χ3n) is 6.99. The molecule has 40 heavy (non-hydrogen) atoms. The highest BCUT2D eigenvalue weighted by molar-refractivity contribution is 6.36. The van der Waals surface area contributed by atoms with Gasteiger partial charge in [0.2, 0.25) is 0 Å². The molecule has 0 unspecified atom stereocenters. The zero-order valence-electron chi connectivity index (χ0n) is 21.2. The molecule has 202 valence electrons. The van der Waals surface area contributed by atoms with E-state index in [2.05, 4.69) is 30.6 Å². The second-order valence-corrected chi connectivity index (χ2v) is 9.97. The summed E-state index contributed by atoms with van der Waals surface area (Å²) < 4.78 is 5.68. The van der Waals surface area contributed by atoms with E-state index < -0.39 is 5.91 Å².